The van der Waals surface area contributed by atoms with Gasteiger partial charge in [0.15, 0.2) is 5.78 Å². The van der Waals surface area contributed by atoms with Gasteiger partial charge in [-0.1, -0.05) is 19.9 Å². The number of rotatable bonds is 3. The topological polar surface area (TPSA) is 97.2 Å². The van der Waals surface area contributed by atoms with E-state index in [1.807, 2.05) is 19.9 Å². The Balaban J connectivity index is 0.00000256. The van der Waals surface area contributed by atoms with Crippen molar-refractivity contribution >= 4 is 22.6 Å². The number of ketones is 1. The molecule has 2 N–H and O–H groups in total. The molecule has 0 atom stereocenters. The maximum Gasteiger partial charge on any atom is 0.253 e. The van der Waals surface area contributed by atoms with Gasteiger partial charge in [-0.15, -0.1) is 0 Å². The van der Waals surface area contributed by atoms with Crippen LogP contribution in [0.1, 0.15) is 58.4 Å². The second kappa shape index (κ2) is 6.57. The molecule has 1 aliphatic carbocycles. The summed E-state index contributed by atoms with van der Waals surface area (Å²) in [5, 5.41) is 19.1. The molecule has 0 bridgehead atoms. The molecule has 148 valence electrons. The molecule has 1 heterocycles. The van der Waals surface area contributed by atoms with Gasteiger partial charge in [-0.05, 0) is 35.9 Å². The molecular weight excluding hydrogens is 366 g/mol. The lowest BCUT2D eigenvalue weighted by Gasteiger charge is -2.32. The van der Waals surface area contributed by atoms with Crippen molar-refractivity contribution in [2.45, 2.75) is 19.3 Å². The number of nitriles is 1. The quantitative estimate of drug-likeness (QED) is 0.719. The molecule has 0 unspecified atom stereocenters. The summed E-state index contributed by atoms with van der Waals surface area (Å²) in [5.74, 6) is -0.292. The highest BCUT2D eigenvalue weighted by Gasteiger charge is 2.40. The van der Waals surface area contributed by atoms with Crippen molar-refractivity contribution in [2.75, 3.05) is 20.2 Å². The predicted octanol–water partition coefficient (Wildman–Crippen LogP) is 3.22. The molecule has 29 heavy (non-hydrogen) atoms. The summed E-state index contributed by atoms with van der Waals surface area (Å²) in [4.78, 5) is 30.8. The minimum absolute atomic E-state index is 0. The summed E-state index contributed by atoms with van der Waals surface area (Å²) >= 11 is 0. The number of aromatic nitrogens is 1. The highest BCUT2D eigenvalue weighted by molar-refractivity contribution is 6.20. The number of amides is 1. The van der Waals surface area contributed by atoms with Crippen molar-refractivity contribution in [2.24, 2.45) is 0 Å². The fourth-order valence-electron chi connectivity index (χ4n) is 4.11. The van der Waals surface area contributed by atoms with Crippen LogP contribution in [0.4, 0.5) is 0 Å². The molecule has 0 radical (unpaired) electrons. The number of likely N-dealkylation sites (N-methyl/N-ethyl adjacent to an activating group) is 1. The highest BCUT2D eigenvalue weighted by Crippen LogP contribution is 2.44. The second-order valence-electron chi connectivity index (χ2n) is 7.91. The van der Waals surface area contributed by atoms with Crippen LogP contribution < -0.4 is 0 Å². The molecule has 2 aromatic carbocycles. The molecule has 1 aliphatic rings. The molecule has 6 nitrogen and oxygen atoms in total. The molecule has 0 aliphatic heterocycles. The number of aromatic amines is 1. The SMILES string of the molecule is CN(CCO)C(=O)c1ccc2c(c1)C(C)(C)c1[nH]c3cc(C#N)ccc3c1C2=O.[HH]. The van der Waals surface area contributed by atoms with E-state index in [1.54, 1.807) is 37.4 Å². The van der Waals surface area contributed by atoms with Crippen molar-refractivity contribution in [1.82, 2.24) is 9.88 Å². The van der Waals surface area contributed by atoms with Crippen molar-refractivity contribution in [1.29, 1.82) is 5.26 Å². The minimum atomic E-state index is -0.532. The Bertz CT molecular complexity index is 1220. The van der Waals surface area contributed by atoms with E-state index >= 15 is 0 Å². The Morgan fingerprint density at radius 1 is 1.28 bits per heavy atom. The lowest BCUT2D eigenvalue weighted by Crippen LogP contribution is -2.32. The van der Waals surface area contributed by atoms with Gasteiger partial charge in [0, 0.05) is 48.2 Å². The summed E-state index contributed by atoms with van der Waals surface area (Å²) in [5.41, 5.74) is 4.00. The molecule has 0 fully saturated rings. The number of hydrogen-bond donors (Lipinski definition) is 2. The normalized spacial score (nSPS) is 14.2. The van der Waals surface area contributed by atoms with Gasteiger partial charge in [0.05, 0.1) is 23.8 Å². The van der Waals surface area contributed by atoms with Crippen LogP contribution in [0.25, 0.3) is 10.9 Å². The number of aliphatic hydroxyl groups excluding tert-OH is 1. The first-order valence-electron chi connectivity index (χ1n) is 9.41. The van der Waals surface area contributed by atoms with Crippen LogP contribution in [-0.2, 0) is 5.41 Å². The van der Waals surface area contributed by atoms with Crippen LogP contribution in [0.15, 0.2) is 36.4 Å². The molecule has 1 aromatic heterocycles. The third kappa shape index (κ3) is 2.74. The number of nitrogens with one attached hydrogen (secondary N) is 1. The van der Waals surface area contributed by atoms with Gasteiger partial charge in [0.25, 0.3) is 5.91 Å². The summed E-state index contributed by atoms with van der Waals surface area (Å²) in [6, 6.07) is 12.6. The highest BCUT2D eigenvalue weighted by atomic mass is 16.3. The summed E-state index contributed by atoms with van der Waals surface area (Å²) in [7, 11) is 1.64. The summed E-state index contributed by atoms with van der Waals surface area (Å²) in [6.07, 6.45) is 0. The number of H-pyrrole nitrogens is 1. The lowest BCUT2D eigenvalue weighted by molar-refractivity contribution is 0.0766. The van der Waals surface area contributed by atoms with E-state index in [0.29, 0.717) is 22.3 Å². The second-order valence-corrected chi connectivity index (χ2v) is 7.91. The van der Waals surface area contributed by atoms with Gasteiger partial charge in [-0.25, -0.2) is 0 Å². The Hall–Kier alpha value is -3.43. The molecule has 0 saturated heterocycles. The fourth-order valence-corrected chi connectivity index (χ4v) is 4.11. The number of fused-ring (bicyclic) bond motifs is 4. The fraction of sp³-hybridized carbons (Fsp3) is 0.261. The molecule has 1 amide bonds. The van der Waals surface area contributed by atoms with E-state index in [1.165, 1.54) is 4.90 Å². The van der Waals surface area contributed by atoms with E-state index in [2.05, 4.69) is 11.1 Å². The zero-order chi connectivity index (χ0) is 20.9. The van der Waals surface area contributed by atoms with Crippen LogP contribution in [0.2, 0.25) is 0 Å². The van der Waals surface area contributed by atoms with E-state index < -0.39 is 5.41 Å². The van der Waals surface area contributed by atoms with Crippen LogP contribution >= 0.6 is 0 Å². The Labute approximate surface area is 169 Å². The van der Waals surface area contributed by atoms with Gasteiger partial charge < -0.3 is 15.0 Å². The van der Waals surface area contributed by atoms with Crippen molar-refractivity contribution < 1.29 is 16.1 Å². The van der Waals surface area contributed by atoms with Crippen molar-refractivity contribution in [3.05, 3.63) is 69.9 Å². The molecule has 0 saturated carbocycles. The third-order valence-corrected chi connectivity index (χ3v) is 5.75. The summed E-state index contributed by atoms with van der Waals surface area (Å²) < 4.78 is 0. The number of carbonyl (C=O) groups is 2. The molecule has 6 heteroatoms. The van der Waals surface area contributed by atoms with Gasteiger partial charge >= 0.3 is 0 Å². The Morgan fingerprint density at radius 2 is 2.03 bits per heavy atom. The van der Waals surface area contributed by atoms with E-state index in [-0.39, 0.29) is 26.3 Å². The number of aliphatic hydroxyl groups is 1. The minimum Gasteiger partial charge on any atom is -0.395 e. The monoisotopic (exact) mass is 389 g/mol. The van der Waals surface area contributed by atoms with E-state index in [9.17, 15) is 14.9 Å². The average molecular weight is 389 g/mol. The average Bonchev–Trinajstić information content (AvgIpc) is 3.11. The predicted molar refractivity (Wildman–Crippen MR) is 111 cm³/mol. The van der Waals surface area contributed by atoms with E-state index in [0.717, 1.165) is 22.2 Å². The van der Waals surface area contributed by atoms with Crippen LogP contribution in [0, 0.1) is 11.3 Å². The molecule has 3 aromatic rings. The first kappa shape index (κ1) is 18.9. The van der Waals surface area contributed by atoms with Crippen LogP contribution in [-0.4, -0.2) is 46.9 Å². The van der Waals surface area contributed by atoms with Gasteiger partial charge in [0.1, 0.15) is 0 Å². The van der Waals surface area contributed by atoms with Crippen molar-refractivity contribution in [3.8, 4) is 6.07 Å². The number of benzene rings is 2. The Kier molecular flexibility index (Phi) is 4.29. The smallest absolute Gasteiger partial charge is 0.253 e. The van der Waals surface area contributed by atoms with Crippen LogP contribution in [0.3, 0.4) is 0 Å². The third-order valence-electron chi connectivity index (χ3n) is 5.75. The molecule has 4 rings (SSSR count). The zero-order valence-electron chi connectivity index (χ0n) is 16.5. The largest absolute Gasteiger partial charge is 0.395 e. The number of hydrogen-bond acceptors (Lipinski definition) is 4. The number of carbonyl (C=O) groups excluding carboxylic acids is 2. The Morgan fingerprint density at radius 3 is 2.72 bits per heavy atom. The van der Waals surface area contributed by atoms with Crippen LogP contribution in [0.5, 0.6) is 0 Å². The standard InChI is InChI=1S/C23H21N3O3.H2/c1-23(2)17-11-14(22(29)26(3)8-9-27)5-7-15(17)20(28)19-16-6-4-13(12-24)10-18(16)25-21(19)23;/h4-7,10-11,25,27H,8-9H2,1-3H3;1H. The van der Waals surface area contributed by atoms with Gasteiger partial charge in [0.2, 0.25) is 0 Å². The first-order chi connectivity index (χ1) is 13.8. The maximum absolute atomic E-state index is 13.3. The van der Waals surface area contributed by atoms with E-state index in [4.69, 9.17) is 5.11 Å². The molecular formula is C23H23N3O3. The first-order valence-corrected chi connectivity index (χ1v) is 9.41. The lowest BCUT2D eigenvalue weighted by atomic mass is 9.71. The van der Waals surface area contributed by atoms with Gasteiger partial charge in [-0.3, -0.25) is 9.59 Å². The molecule has 0 spiro atoms. The van der Waals surface area contributed by atoms with Crippen molar-refractivity contribution in [3.63, 3.8) is 0 Å². The van der Waals surface area contributed by atoms with Gasteiger partial charge in [-0.2, -0.15) is 5.26 Å². The zero-order valence-corrected chi connectivity index (χ0v) is 16.5. The maximum atomic E-state index is 13.3. The summed E-state index contributed by atoms with van der Waals surface area (Å²) in [6.45, 7) is 4.17. The number of nitrogens with zero attached hydrogens (tertiary/aromatic N) is 2.